The van der Waals surface area contributed by atoms with Gasteiger partial charge >= 0.3 is 5.97 Å². The highest BCUT2D eigenvalue weighted by atomic mass is 16.4. The van der Waals surface area contributed by atoms with Crippen molar-refractivity contribution in [1.82, 2.24) is 5.32 Å². The number of carboxylic acid groups (broad SMARTS) is 1. The lowest BCUT2D eigenvalue weighted by Gasteiger charge is -2.17. The van der Waals surface area contributed by atoms with Crippen LogP contribution in [-0.4, -0.2) is 23.7 Å². The first-order valence-corrected chi connectivity index (χ1v) is 6.94. The Morgan fingerprint density at radius 2 is 2.05 bits per heavy atom. The van der Waals surface area contributed by atoms with Crippen molar-refractivity contribution < 1.29 is 9.90 Å². The van der Waals surface area contributed by atoms with Gasteiger partial charge in [-0.3, -0.25) is 4.79 Å². The van der Waals surface area contributed by atoms with Gasteiger partial charge in [-0.2, -0.15) is 0 Å². The molecule has 1 aromatic rings. The molecule has 1 atom stereocenters. The van der Waals surface area contributed by atoms with E-state index in [1.807, 2.05) is 0 Å². The molecule has 0 saturated heterocycles. The van der Waals surface area contributed by atoms with Gasteiger partial charge in [-0.15, -0.1) is 0 Å². The molecule has 1 aliphatic carbocycles. The van der Waals surface area contributed by atoms with Crippen LogP contribution in [0.25, 0.3) is 0 Å². The van der Waals surface area contributed by atoms with Crippen molar-refractivity contribution in [2.45, 2.75) is 44.7 Å². The molecule has 1 aromatic carbocycles. The highest BCUT2D eigenvalue weighted by molar-refractivity contribution is 5.67. The van der Waals surface area contributed by atoms with E-state index < -0.39 is 5.97 Å². The monoisotopic (exact) mass is 262 g/mol. The number of nitrogens with one attached hydrogen (secondary N) is 1. The number of rotatable bonds is 6. The van der Waals surface area contributed by atoms with Crippen molar-refractivity contribution in [3.63, 3.8) is 0 Å². The molecule has 1 aliphatic rings. The lowest BCUT2D eigenvalue weighted by Crippen LogP contribution is -2.35. The molecule has 0 radical (unpaired) electrons. The molecule has 4 heteroatoms. The zero-order valence-corrected chi connectivity index (χ0v) is 11.2. The van der Waals surface area contributed by atoms with Crippen molar-refractivity contribution in [1.29, 1.82) is 0 Å². The maximum absolute atomic E-state index is 10.5. The Bertz CT molecular complexity index is 446. The first-order chi connectivity index (χ1) is 9.15. The number of nitrogens with two attached hydrogens (primary N) is 1. The Balaban J connectivity index is 1.81. The van der Waals surface area contributed by atoms with E-state index in [2.05, 4.69) is 23.5 Å². The lowest BCUT2D eigenvalue weighted by molar-refractivity contribution is -0.137. The van der Waals surface area contributed by atoms with Gasteiger partial charge in [-0.05, 0) is 42.4 Å². The Morgan fingerprint density at radius 3 is 2.79 bits per heavy atom. The number of fused-ring (bicyclic) bond motifs is 1. The number of benzene rings is 1. The SMILES string of the molecule is NC(CNCc1ccc2c(c1)CCCC2)CC(=O)O. The van der Waals surface area contributed by atoms with E-state index in [0.717, 1.165) is 6.54 Å². The van der Waals surface area contributed by atoms with Gasteiger partial charge in [-0.25, -0.2) is 0 Å². The summed E-state index contributed by atoms with van der Waals surface area (Å²) in [7, 11) is 0. The minimum atomic E-state index is -0.844. The van der Waals surface area contributed by atoms with Crippen LogP contribution in [0.2, 0.25) is 0 Å². The lowest BCUT2D eigenvalue weighted by atomic mass is 9.90. The predicted molar refractivity (Wildman–Crippen MR) is 75.0 cm³/mol. The quantitative estimate of drug-likeness (QED) is 0.725. The highest BCUT2D eigenvalue weighted by Gasteiger charge is 2.10. The second kappa shape index (κ2) is 6.68. The van der Waals surface area contributed by atoms with Crippen molar-refractivity contribution in [3.8, 4) is 0 Å². The summed E-state index contributed by atoms with van der Waals surface area (Å²) in [5.74, 6) is -0.844. The molecule has 0 fully saturated rings. The number of aryl methyl sites for hydroxylation is 2. The highest BCUT2D eigenvalue weighted by Crippen LogP contribution is 2.22. The van der Waals surface area contributed by atoms with Crippen LogP contribution in [-0.2, 0) is 24.2 Å². The molecule has 0 amide bonds. The summed E-state index contributed by atoms with van der Waals surface area (Å²) in [5, 5.41) is 11.9. The summed E-state index contributed by atoms with van der Waals surface area (Å²) < 4.78 is 0. The third-order valence-electron chi connectivity index (χ3n) is 3.59. The van der Waals surface area contributed by atoms with Crippen LogP contribution in [0.1, 0.15) is 36.0 Å². The Hall–Kier alpha value is -1.39. The van der Waals surface area contributed by atoms with Crippen LogP contribution in [0.5, 0.6) is 0 Å². The Morgan fingerprint density at radius 1 is 1.32 bits per heavy atom. The van der Waals surface area contributed by atoms with Crippen LogP contribution in [0, 0.1) is 0 Å². The van der Waals surface area contributed by atoms with Crippen molar-refractivity contribution >= 4 is 5.97 Å². The van der Waals surface area contributed by atoms with Crippen LogP contribution in [0.4, 0.5) is 0 Å². The van der Waals surface area contributed by atoms with Crippen LogP contribution >= 0.6 is 0 Å². The van der Waals surface area contributed by atoms with Gasteiger partial charge in [0.05, 0.1) is 6.42 Å². The molecule has 0 aromatic heterocycles. The minimum Gasteiger partial charge on any atom is -0.481 e. The maximum Gasteiger partial charge on any atom is 0.304 e. The van der Waals surface area contributed by atoms with Crippen molar-refractivity contribution in [2.75, 3.05) is 6.54 Å². The molecular weight excluding hydrogens is 240 g/mol. The summed E-state index contributed by atoms with van der Waals surface area (Å²) in [6, 6.07) is 6.32. The van der Waals surface area contributed by atoms with Gasteiger partial charge in [0.1, 0.15) is 0 Å². The van der Waals surface area contributed by atoms with E-state index in [4.69, 9.17) is 10.8 Å². The van der Waals surface area contributed by atoms with Gasteiger partial charge in [0, 0.05) is 19.1 Å². The number of carboxylic acids is 1. The van der Waals surface area contributed by atoms with E-state index >= 15 is 0 Å². The third kappa shape index (κ3) is 4.33. The largest absolute Gasteiger partial charge is 0.481 e. The number of aliphatic carboxylic acids is 1. The normalized spacial score (nSPS) is 15.8. The van der Waals surface area contributed by atoms with Crippen LogP contribution < -0.4 is 11.1 Å². The van der Waals surface area contributed by atoms with E-state index in [-0.39, 0.29) is 12.5 Å². The topological polar surface area (TPSA) is 75.3 Å². The molecule has 19 heavy (non-hydrogen) atoms. The Labute approximate surface area is 114 Å². The molecule has 1 unspecified atom stereocenters. The summed E-state index contributed by atoms with van der Waals surface area (Å²) in [6.07, 6.45) is 4.98. The minimum absolute atomic E-state index is 0.0111. The van der Waals surface area contributed by atoms with E-state index in [0.29, 0.717) is 6.54 Å². The average Bonchev–Trinajstić information content (AvgIpc) is 2.37. The second-order valence-electron chi connectivity index (χ2n) is 5.30. The van der Waals surface area contributed by atoms with Gasteiger partial charge in [-0.1, -0.05) is 18.2 Å². The molecule has 0 aliphatic heterocycles. The van der Waals surface area contributed by atoms with Gasteiger partial charge in [0.25, 0.3) is 0 Å². The zero-order valence-electron chi connectivity index (χ0n) is 11.2. The molecule has 4 N–H and O–H groups in total. The fourth-order valence-electron chi connectivity index (χ4n) is 2.60. The first-order valence-electron chi connectivity index (χ1n) is 6.94. The maximum atomic E-state index is 10.5. The smallest absolute Gasteiger partial charge is 0.304 e. The molecule has 104 valence electrons. The summed E-state index contributed by atoms with van der Waals surface area (Å²) >= 11 is 0. The molecule has 0 spiro atoms. The first kappa shape index (κ1) is 14.0. The van der Waals surface area contributed by atoms with Crippen LogP contribution in [0.15, 0.2) is 18.2 Å². The number of carbonyl (C=O) groups is 1. The van der Waals surface area contributed by atoms with Crippen LogP contribution in [0.3, 0.4) is 0 Å². The molecule has 0 saturated carbocycles. The number of hydrogen-bond donors (Lipinski definition) is 3. The van der Waals surface area contributed by atoms with E-state index in [9.17, 15) is 4.79 Å². The van der Waals surface area contributed by atoms with Crippen molar-refractivity contribution in [3.05, 3.63) is 34.9 Å². The summed E-state index contributed by atoms with van der Waals surface area (Å²) in [6.45, 7) is 1.28. The molecule has 0 bridgehead atoms. The zero-order chi connectivity index (χ0) is 13.7. The second-order valence-corrected chi connectivity index (χ2v) is 5.30. The molecular formula is C15H22N2O2. The van der Waals surface area contributed by atoms with Crippen molar-refractivity contribution in [2.24, 2.45) is 5.73 Å². The van der Waals surface area contributed by atoms with E-state index in [1.54, 1.807) is 0 Å². The fraction of sp³-hybridized carbons (Fsp3) is 0.533. The number of hydrogen-bond acceptors (Lipinski definition) is 3. The Kier molecular flexibility index (Phi) is 4.93. The summed E-state index contributed by atoms with van der Waals surface area (Å²) in [4.78, 5) is 10.5. The molecule has 2 rings (SSSR count). The third-order valence-corrected chi connectivity index (χ3v) is 3.59. The predicted octanol–water partition coefficient (Wildman–Crippen LogP) is 1.46. The summed E-state index contributed by atoms with van der Waals surface area (Å²) in [5.41, 5.74) is 9.92. The molecule has 4 nitrogen and oxygen atoms in total. The fourth-order valence-corrected chi connectivity index (χ4v) is 2.60. The standard InChI is InChI=1S/C15H22N2O2/c16-14(8-15(18)19)10-17-9-11-5-6-12-3-1-2-4-13(12)7-11/h5-7,14,17H,1-4,8-10,16H2,(H,18,19). The average molecular weight is 262 g/mol. The van der Waals surface area contributed by atoms with Gasteiger partial charge < -0.3 is 16.2 Å². The molecule has 0 heterocycles. The van der Waals surface area contributed by atoms with Gasteiger partial charge in [0.2, 0.25) is 0 Å². The van der Waals surface area contributed by atoms with Gasteiger partial charge in [0.15, 0.2) is 0 Å². The van der Waals surface area contributed by atoms with E-state index in [1.165, 1.54) is 42.4 Å².